The standard InChI is InChI=1S/C32H40O8/c1-33-29-21-27-23-37-15-13-35-17-19-39-31(25-9-5-3-6-10-25)32(26-11-7-4-8-12-26)40-20-18-36-14-16-38-24-28(22-29)30(27)34-2/h3-12,21-22,31-32H,13-20,23-24H2,1-2H3/t31-,32?/m0/s1. The van der Waals surface area contributed by atoms with Crippen LogP contribution in [-0.4, -0.2) is 67.1 Å². The van der Waals surface area contributed by atoms with Gasteiger partial charge in [0.25, 0.3) is 0 Å². The molecule has 1 aliphatic heterocycles. The summed E-state index contributed by atoms with van der Waals surface area (Å²) < 4.78 is 47.4. The number of benzene rings is 3. The molecule has 2 bridgehead atoms. The van der Waals surface area contributed by atoms with E-state index in [1.54, 1.807) is 14.2 Å². The van der Waals surface area contributed by atoms with Crippen LogP contribution in [-0.2, 0) is 41.6 Å². The van der Waals surface area contributed by atoms with Gasteiger partial charge in [-0.25, -0.2) is 0 Å². The highest BCUT2D eigenvalue weighted by molar-refractivity contribution is 5.47. The fraction of sp³-hybridized carbons (Fsp3) is 0.438. The van der Waals surface area contributed by atoms with Crippen LogP contribution >= 0.6 is 0 Å². The van der Waals surface area contributed by atoms with E-state index in [1.807, 2.05) is 48.5 Å². The molecule has 4 rings (SSSR count). The van der Waals surface area contributed by atoms with E-state index in [9.17, 15) is 0 Å². The molecule has 0 spiro atoms. The van der Waals surface area contributed by atoms with Gasteiger partial charge >= 0.3 is 0 Å². The van der Waals surface area contributed by atoms with Crippen molar-refractivity contribution in [2.24, 2.45) is 0 Å². The van der Waals surface area contributed by atoms with Crippen molar-refractivity contribution in [3.8, 4) is 11.5 Å². The van der Waals surface area contributed by atoms with Crippen LogP contribution in [0.1, 0.15) is 34.5 Å². The first-order valence-electron chi connectivity index (χ1n) is 13.7. The molecule has 3 aromatic rings. The summed E-state index contributed by atoms with van der Waals surface area (Å²) in [4.78, 5) is 0. The molecule has 1 unspecified atom stereocenters. The predicted molar refractivity (Wildman–Crippen MR) is 151 cm³/mol. The Balaban J connectivity index is 1.45. The molecular formula is C32H40O8. The second kappa shape index (κ2) is 17.0. The van der Waals surface area contributed by atoms with Gasteiger partial charge in [-0.2, -0.15) is 0 Å². The molecular weight excluding hydrogens is 512 g/mol. The lowest BCUT2D eigenvalue weighted by Gasteiger charge is -2.28. The fourth-order valence-corrected chi connectivity index (χ4v) is 4.59. The molecule has 8 nitrogen and oxygen atoms in total. The topological polar surface area (TPSA) is 73.8 Å². The van der Waals surface area contributed by atoms with Crippen LogP contribution in [0.3, 0.4) is 0 Å². The number of fused-ring (bicyclic) bond motifs is 2. The van der Waals surface area contributed by atoms with E-state index in [1.165, 1.54) is 0 Å². The lowest BCUT2D eigenvalue weighted by molar-refractivity contribution is -0.101. The molecule has 0 saturated heterocycles. The van der Waals surface area contributed by atoms with E-state index >= 15 is 0 Å². The summed E-state index contributed by atoms with van der Waals surface area (Å²) in [5, 5.41) is 0. The zero-order chi connectivity index (χ0) is 27.8. The van der Waals surface area contributed by atoms with Crippen molar-refractivity contribution in [3.63, 3.8) is 0 Å². The molecule has 0 amide bonds. The Labute approximate surface area is 237 Å². The summed E-state index contributed by atoms with van der Waals surface area (Å²) in [6.07, 6.45) is -0.621. The Morgan fingerprint density at radius 3 is 1.38 bits per heavy atom. The van der Waals surface area contributed by atoms with Gasteiger partial charge in [-0.1, -0.05) is 60.7 Å². The number of rotatable bonds is 4. The first kappa shape index (κ1) is 30.0. The van der Waals surface area contributed by atoms with Crippen molar-refractivity contribution in [1.82, 2.24) is 0 Å². The summed E-state index contributed by atoms with van der Waals surface area (Å²) in [5.41, 5.74) is 3.86. The Kier molecular flexibility index (Phi) is 12.7. The molecule has 40 heavy (non-hydrogen) atoms. The highest BCUT2D eigenvalue weighted by atomic mass is 16.6. The van der Waals surface area contributed by atoms with Gasteiger partial charge in [0.15, 0.2) is 0 Å². The number of hydrogen-bond donors (Lipinski definition) is 0. The maximum Gasteiger partial charge on any atom is 0.130 e. The van der Waals surface area contributed by atoms with Crippen molar-refractivity contribution in [2.45, 2.75) is 25.4 Å². The van der Waals surface area contributed by atoms with Gasteiger partial charge in [-0.3, -0.25) is 0 Å². The molecule has 0 fully saturated rings. The average molecular weight is 553 g/mol. The number of ether oxygens (including phenoxy) is 8. The Bertz CT molecular complexity index is 1030. The first-order chi connectivity index (χ1) is 19.8. The van der Waals surface area contributed by atoms with Crippen LogP contribution in [0, 0.1) is 0 Å². The van der Waals surface area contributed by atoms with Crippen LogP contribution in [0.25, 0.3) is 0 Å². The normalized spacial score (nSPS) is 20.6. The summed E-state index contributed by atoms with van der Waals surface area (Å²) in [6, 6.07) is 24.1. The molecule has 1 heterocycles. The van der Waals surface area contributed by atoms with Crippen LogP contribution < -0.4 is 9.47 Å². The van der Waals surface area contributed by atoms with Crippen molar-refractivity contribution >= 4 is 0 Å². The lowest BCUT2D eigenvalue weighted by Crippen LogP contribution is -2.22. The number of hydrogen-bond acceptors (Lipinski definition) is 8. The second-order valence-electron chi connectivity index (χ2n) is 9.21. The highest BCUT2D eigenvalue weighted by Gasteiger charge is 2.26. The van der Waals surface area contributed by atoms with Gasteiger partial charge in [-0.05, 0) is 23.3 Å². The second-order valence-corrected chi connectivity index (χ2v) is 9.21. The van der Waals surface area contributed by atoms with Gasteiger partial charge < -0.3 is 37.9 Å². The lowest BCUT2D eigenvalue weighted by atomic mass is 9.98. The molecule has 2 atom stereocenters. The summed E-state index contributed by atoms with van der Waals surface area (Å²) in [7, 11) is 3.29. The molecule has 0 saturated carbocycles. The van der Waals surface area contributed by atoms with Crippen LogP contribution in [0.5, 0.6) is 11.5 Å². The summed E-state index contributed by atoms with van der Waals surface area (Å²) in [6.45, 7) is 4.16. The predicted octanol–water partition coefficient (Wildman–Crippen LogP) is 5.30. The maximum atomic E-state index is 6.40. The monoisotopic (exact) mass is 552 g/mol. The molecule has 216 valence electrons. The zero-order valence-corrected chi connectivity index (χ0v) is 23.4. The van der Waals surface area contributed by atoms with Crippen LogP contribution in [0.2, 0.25) is 0 Å². The minimum Gasteiger partial charge on any atom is -0.497 e. The molecule has 0 aromatic heterocycles. The van der Waals surface area contributed by atoms with Gasteiger partial charge in [-0.15, -0.1) is 0 Å². The van der Waals surface area contributed by atoms with E-state index in [4.69, 9.17) is 37.9 Å². The van der Waals surface area contributed by atoms with Gasteiger partial charge in [0.05, 0.1) is 80.3 Å². The molecule has 0 radical (unpaired) electrons. The van der Waals surface area contributed by atoms with Crippen molar-refractivity contribution in [3.05, 3.63) is 95.1 Å². The van der Waals surface area contributed by atoms with Crippen molar-refractivity contribution in [1.29, 1.82) is 0 Å². The van der Waals surface area contributed by atoms with Crippen molar-refractivity contribution in [2.75, 3.05) is 67.1 Å². The van der Waals surface area contributed by atoms with Gasteiger partial charge in [0, 0.05) is 11.1 Å². The Morgan fingerprint density at radius 1 is 0.525 bits per heavy atom. The van der Waals surface area contributed by atoms with Gasteiger partial charge in [0.2, 0.25) is 0 Å². The van der Waals surface area contributed by atoms with E-state index in [2.05, 4.69) is 24.3 Å². The smallest absolute Gasteiger partial charge is 0.130 e. The van der Waals surface area contributed by atoms with E-state index in [0.717, 1.165) is 33.8 Å². The summed E-state index contributed by atoms with van der Waals surface area (Å²) >= 11 is 0. The Morgan fingerprint density at radius 2 is 0.950 bits per heavy atom. The molecule has 1 aliphatic rings. The largest absolute Gasteiger partial charge is 0.497 e. The zero-order valence-electron chi connectivity index (χ0n) is 23.4. The minimum absolute atomic E-state index is 0.311. The van der Waals surface area contributed by atoms with Crippen LogP contribution in [0.15, 0.2) is 72.8 Å². The number of methoxy groups -OCH3 is 2. The third kappa shape index (κ3) is 9.02. The molecule has 3 aromatic carbocycles. The average Bonchev–Trinajstić information content (AvgIpc) is 3.00. The summed E-state index contributed by atoms with van der Waals surface area (Å²) in [5.74, 6) is 1.45. The SMILES string of the molecule is COc1cc2c(OC)c(c1)COCCOCCO[C@@H](c1ccccc1)C(c1ccccc1)OCCOCCOC2. The molecule has 0 aliphatic carbocycles. The highest BCUT2D eigenvalue weighted by Crippen LogP contribution is 2.35. The van der Waals surface area contributed by atoms with Crippen molar-refractivity contribution < 1.29 is 37.9 Å². The third-order valence-corrected chi connectivity index (χ3v) is 6.50. The fourth-order valence-electron chi connectivity index (χ4n) is 4.59. The van der Waals surface area contributed by atoms with E-state index < -0.39 is 0 Å². The quantitative estimate of drug-likeness (QED) is 0.432. The molecule has 0 N–H and O–H groups in total. The Hall–Kier alpha value is -2.98. The van der Waals surface area contributed by atoms with Gasteiger partial charge in [0.1, 0.15) is 23.7 Å². The van der Waals surface area contributed by atoms with Crippen LogP contribution in [0.4, 0.5) is 0 Å². The minimum atomic E-state index is -0.311. The van der Waals surface area contributed by atoms with E-state index in [0.29, 0.717) is 66.1 Å². The molecule has 8 heteroatoms. The maximum absolute atomic E-state index is 6.40. The van der Waals surface area contributed by atoms with E-state index in [-0.39, 0.29) is 12.2 Å². The third-order valence-electron chi connectivity index (χ3n) is 6.50. The first-order valence-corrected chi connectivity index (χ1v) is 13.7.